The van der Waals surface area contributed by atoms with Crippen LogP contribution in [-0.2, 0) is 11.2 Å². The van der Waals surface area contributed by atoms with Gasteiger partial charge in [0.25, 0.3) is 0 Å². The van der Waals surface area contributed by atoms with Gasteiger partial charge in [-0.05, 0) is 62.8 Å². The molecular formula is C17H31BCl2F2N2O5. The van der Waals surface area contributed by atoms with Crippen LogP contribution < -0.4 is 11.1 Å². The molecule has 1 aromatic carbocycles. The van der Waals surface area contributed by atoms with E-state index in [1.54, 1.807) is 0 Å². The van der Waals surface area contributed by atoms with Crippen molar-refractivity contribution in [2.75, 3.05) is 13.1 Å². The first-order valence-corrected chi connectivity index (χ1v) is 8.77. The summed E-state index contributed by atoms with van der Waals surface area (Å²) < 4.78 is 25.9. The van der Waals surface area contributed by atoms with Gasteiger partial charge >= 0.3 is 13.1 Å². The zero-order valence-electron chi connectivity index (χ0n) is 16.1. The predicted molar refractivity (Wildman–Crippen MR) is 114 cm³/mol. The third-order valence-corrected chi connectivity index (χ3v) is 4.31. The Labute approximate surface area is 182 Å². The number of halogens is 4. The zero-order valence-corrected chi connectivity index (χ0v) is 17.7. The van der Waals surface area contributed by atoms with E-state index in [2.05, 4.69) is 5.32 Å². The Hall–Kier alpha value is -1.01. The number of hydrogen-bond donors (Lipinski definition) is 5. The molecule has 170 valence electrons. The SMILES string of the molecule is Cl.Cl.NC(CCCCB(O)O)(CCNCCCc1ccc(F)c(F)c1)C(=O)O.O. The molecule has 12 heteroatoms. The Balaban J connectivity index is -0.00000225. The Morgan fingerprint density at radius 3 is 2.28 bits per heavy atom. The van der Waals surface area contributed by atoms with Crippen LogP contribution in [0.25, 0.3) is 0 Å². The molecular weight excluding hydrogens is 432 g/mol. The number of aliphatic carboxylic acids is 1. The molecule has 1 aromatic rings. The van der Waals surface area contributed by atoms with Crippen LogP contribution in [0.4, 0.5) is 8.78 Å². The van der Waals surface area contributed by atoms with E-state index in [1.165, 1.54) is 12.1 Å². The van der Waals surface area contributed by atoms with E-state index in [1.807, 2.05) is 0 Å². The van der Waals surface area contributed by atoms with E-state index in [0.29, 0.717) is 44.3 Å². The molecule has 0 heterocycles. The van der Waals surface area contributed by atoms with Gasteiger partial charge in [0.2, 0.25) is 0 Å². The van der Waals surface area contributed by atoms with Gasteiger partial charge in [0.05, 0.1) is 0 Å². The highest BCUT2D eigenvalue weighted by atomic mass is 35.5. The fraction of sp³-hybridized carbons (Fsp3) is 0.588. The molecule has 29 heavy (non-hydrogen) atoms. The first-order chi connectivity index (χ1) is 12.2. The average Bonchev–Trinajstić information content (AvgIpc) is 2.57. The van der Waals surface area contributed by atoms with Crippen molar-refractivity contribution in [2.45, 2.75) is 50.4 Å². The van der Waals surface area contributed by atoms with Crippen molar-refractivity contribution in [3.05, 3.63) is 35.4 Å². The van der Waals surface area contributed by atoms with E-state index >= 15 is 0 Å². The molecule has 0 radical (unpaired) electrons. The van der Waals surface area contributed by atoms with Gasteiger partial charge in [0, 0.05) is 0 Å². The molecule has 0 fully saturated rings. The Kier molecular flexibility index (Phi) is 18.9. The predicted octanol–water partition coefficient (Wildman–Crippen LogP) is 1.32. The molecule has 0 aromatic heterocycles. The smallest absolute Gasteiger partial charge is 0.451 e. The summed E-state index contributed by atoms with van der Waals surface area (Å²) in [4.78, 5) is 11.4. The molecule has 8 N–H and O–H groups in total. The number of nitrogens with one attached hydrogen (secondary N) is 1. The third kappa shape index (κ3) is 13.0. The van der Waals surface area contributed by atoms with Crippen molar-refractivity contribution in [3.63, 3.8) is 0 Å². The van der Waals surface area contributed by atoms with Crippen molar-refractivity contribution in [1.82, 2.24) is 5.32 Å². The number of unbranched alkanes of at least 4 members (excludes halogenated alkanes) is 1. The van der Waals surface area contributed by atoms with Crippen molar-refractivity contribution in [1.29, 1.82) is 0 Å². The topological polar surface area (TPSA) is 147 Å². The maximum absolute atomic E-state index is 13.1. The maximum Gasteiger partial charge on any atom is 0.451 e. The van der Waals surface area contributed by atoms with Crippen LogP contribution >= 0.6 is 24.8 Å². The van der Waals surface area contributed by atoms with Crippen LogP contribution in [0.15, 0.2) is 18.2 Å². The fourth-order valence-electron chi connectivity index (χ4n) is 2.66. The summed E-state index contributed by atoms with van der Waals surface area (Å²) in [5.41, 5.74) is 5.30. The van der Waals surface area contributed by atoms with Gasteiger partial charge in [-0.1, -0.05) is 18.9 Å². The molecule has 1 atom stereocenters. The number of benzene rings is 1. The summed E-state index contributed by atoms with van der Waals surface area (Å²) in [6.07, 6.45) is 2.96. The van der Waals surface area contributed by atoms with Crippen LogP contribution in [0.3, 0.4) is 0 Å². The fourth-order valence-corrected chi connectivity index (χ4v) is 2.66. The van der Waals surface area contributed by atoms with Crippen molar-refractivity contribution < 1.29 is 34.2 Å². The third-order valence-electron chi connectivity index (χ3n) is 4.31. The zero-order chi connectivity index (χ0) is 19.6. The number of carboxylic acid groups (broad SMARTS) is 1. The molecule has 0 aliphatic rings. The minimum Gasteiger partial charge on any atom is -0.480 e. The summed E-state index contributed by atoms with van der Waals surface area (Å²) in [5, 5.41) is 30.0. The Morgan fingerprint density at radius 2 is 1.72 bits per heavy atom. The van der Waals surface area contributed by atoms with Gasteiger partial charge in [-0.25, -0.2) is 8.78 Å². The molecule has 0 saturated heterocycles. The first-order valence-electron chi connectivity index (χ1n) is 8.77. The van der Waals surface area contributed by atoms with E-state index in [9.17, 15) is 18.7 Å². The highest BCUT2D eigenvalue weighted by molar-refractivity contribution is 6.40. The van der Waals surface area contributed by atoms with Gasteiger partial charge in [0.15, 0.2) is 11.6 Å². The summed E-state index contributed by atoms with van der Waals surface area (Å²) in [6, 6.07) is 3.81. The molecule has 0 bridgehead atoms. The minimum absolute atomic E-state index is 0. The molecule has 0 aliphatic heterocycles. The molecule has 1 unspecified atom stereocenters. The largest absolute Gasteiger partial charge is 0.480 e. The lowest BCUT2D eigenvalue weighted by Crippen LogP contribution is -2.49. The quantitative estimate of drug-likeness (QED) is 0.220. The van der Waals surface area contributed by atoms with Gasteiger partial charge in [0.1, 0.15) is 5.54 Å². The number of aryl methyl sites for hydroxylation is 1. The van der Waals surface area contributed by atoms with Crippen molar-refractivity contribution >= 4 is 37.9 Å². The van der Waals surface area contributed by atoms with Gasteiger partial charge < -0.3 is 31.7 Å². The molecule has 0 spiro atoms. The summed E-state index contributed by atoms with van der Waals surface area (Å²) in [6.45, 7) is 1.02. The van der Waals surface area contributed by atoms with E-state index in [4.69, 9.17) is 15.8 Å². The van der Waals surface area contributed by atoms with E-state index in [-0.39, 0.29) is 49.5 Å². The average molecular weight is 463 g/mol. The molecule has 0 amide bonds. The molecule has 1 rings (SSSR count). The molecule has 0 aliphatic carbocycles. The first kappa shape index (κ1) is 32.7. The summed E-state index contributed by atoms with van der Waals surface area (Å²) in [5.74, 6) is -2.81. The normalized spacial score (nSPS) is 12.0. The highest BCUT2D eigenvalue weighted by Crippen LogP contribution is 2.17. The number of carbonyl (C=O) groups is 1. The highest BCUT2D eigenvalue weighted by Gasteiger charge is 2.32. The standard InChI is InChI=1S/C17H27BF2N2O4.2ClH.H2O/c19-14-6-5-13(12-15(14)20)4-3-10-22-11-8-17(21,16(23)24)7-1-2-9-18(25)26;;;/h5-6,12,22,25-26H,1-4,7-11,21H2,(H,23,24);2*1H;1H2. The number of carboxylic acids is 1. The lowest BCUT2D eigenvalue weighted by atomic mass is 9.81. The van der Waals surface area contributed by atoms with E-state index in [0.717, 1.165) is 6.07 Å². The van der Waals surface area contributed by atoms with Crippen LogP contribution in [0, 0.1) is 11.6 Å². The monoisotopic (exact) mass is 462 g/mol. The molecule has 7 nitrogen and oxygen atoms in total. The maximum atomic E-state index is 13.1. The summed E-state index contributed by atoms with van der Waals surface area (Å²) in [7, 11) is -1.39. The minimum atomic E-state index is -1.39. The van der Waals surface area contributed by atoms with Crippen LogP contribution in [-0.4, -0.2) is 52.3 Å². The second-order valence-electron chi connectivity index (χ2n) is 6.54. The van der Waals surface area contributed by atoms with Crippen LogP contribution in [0.5, 0.6) is 0 Å². The van der Waals surface area contributed by atoms with Crippen LogP contribution in [0.1, 0.15) is 37.7 Å². The van der Waals surface area contributed by atoms with Gasteiger partial charge in [-0.2, -0.15) is 0 Å². The Bertz CT molecular complexity index is 591. The van der Waals surface area contributed by atoms with Gasteiger partial charge in [-0.3, -0.25) is 4.79 Å². The van der Waals surface area contributed by atoms with Crippen molar-refractivity contribution in [2.24, 2.45) is 5.73 Å². The summed E-state index contributed by atoms with van der Waals surface area (Å²) >= 11 is 0. The number of hydrogen-bond acceptors (Lipinski definition) is 5. The Morgan fingerprint density at radius 1 is 1.07 bits per heavy atom. The lowest BCUT2D eigenvalue weighted by molar-refractivity contribution is -0.143. The lowest BCUT2D eigenvalue weighted by Gasteiger charge is -2.25. The van der Waals surface area contributed by atoms with Gasteiger partial charge in [-0.15, -0.1) is 24.8 Å². The second-order valence-corrected chi connectivity index (χ2v) is 6.54. The molecule has 0 saturated carbocycles. The number of nitrogens with two attached hydrogens (primary N) is 1. The second kappa shape index (κ2) is 16.8. The van der Waals surface area contributed by atoms with Crippen LogP contribution in [0.2, 0.25) is 6.32 Å². The van der Waals surface area contributed by atoms with Crippen molar-refractivity contribution in [3.8, 4) is 0 Å². The van der Waals surface area contributed by atoms with E-state index < -0.39 is 30.3 Å². The number of rotatable bonds is 13.